The van der Waals surface area contributed by atoms with Gasteiger partial charge in [-0.1, -0.05) is 6.07 Å². The predicted octanol–water partition coefficient (Wildman–Crippen LogP) is 3.39. The van der Waals surface area contributed by atoms with E-state index >= 15 is 0 Å². The summed E-state index contributed by atoms with van der Waals surface area (Å²) in [4.78, 5) is 28.0. The van der Waals surface area contributed by atoms with Crippen molar-refractivity contribution in [3.05, 3.63) is 53.6 Å². The molecule has 7 nitrogen and oxygen atoms in total. The summed E-state index contributed by atoms with van der Waals surface area (Å²) < 4.78 is 36.9. The Labute approximate surface area is 173 Å². The Balaban J connectivity index is 1.82. The Bertz CT molecular complexity index is 938. The van der Waals surface area contributed by atoms with Crippen LogP contribution in [0.5, 0.6) is 5.75 Å². The first-order valence-corrected chi connectivity index (χ1v) is 9.40. The van der Waals surface area contributed by atoms with Crippen LogP contribution in [0.25, 0.3) is 0 Å². The lowest BCUT2D eigenvalue weighted by Gasteiger charge is -2.36. The Hall–Kier alpha value is -3.20. The minimum Gasteiger partial charge on any atom is -0.495 e. The smallest absolute Gasteiger partial charge is 0.324 e. The summed E-state index contributed by atoms with van der Waals surface area (Å²) in [5, 5.41) is 2.70. The summed E-state index contributed by atoms with van der Waals surface area (Å²) in [7, 11) is 2.92. The van der Waals surface area contributed by atoms with E-state index in [1.807, 2.05) is 0 Å². The molecule has 160 valence electrons. The summed E-state index contributed by atoms with van der Waals surface area (Å²) >= 11 is 0. The number of methoxy groups -OCH3 is 2. The van der Waals surface area contributed by atoms with Crippen molar-refractivity contribution in [1.82, 2.24) is 4.90 Å². The molecule has 1 fully saturated rings. The fourth-order valence-corrected chi connectivity index (χ4v) is 3.32. The number of halogens is 2. The van der Waals surface area contributed by atoms with Crippen LogP contribution in [0.2, 0.25) is 0 Å². The van der Waals surface area contributed by atoms with Gasteiger partial charge in [0.1, 0.15) is 12.4 Å². The van der Waals surface area contributed by atoms with E-state index < -0.39 is 11.6 Å². The first-order valence-electron chi connectivity index (χ1n) is 9.40. The van der Waals surface area contributed by atoms with Crippen molar-refractivity contribution in [3.8, 4) is 5.75 Å². The Morgan fingerprint density at radius 3 is 2.60 bits per heavy atom. The van der Waals surface area contributed by atoms with Gasteiger partial charge >= 0.3 is 6.03 Å². The first kappa shape index (κ1) is 21.5. The van der Waals surface area contributed by atoms with E-state index in [1.54, 1.807) is 28.0 Å². The number of hydrogen-bond acceptors (Lipinski definition) is 4. The molecule has 1 heterocycles. The van der Waals surface area contributed by atoms with E-state index in [2.05, 4.69) is 5.32 Å². The van der Waals surface area contributed by atoms with Crippen LogP contribution in [0, 0.1) is 11.6 Å². The number of carbonyl (C=O) groups is 2. The zero-order valence-corrected chi connectivity index (χ0v) is 16.8. The number of anilines is 2. The van der Waals surface area contributed by atoms with Crippen LogP contribution >= 0.6 is 0 Å². The average molecular weight is 419 g/mol. The van der Waals surface area contributed by atoms with E-state index in [-0.39, 0.29) is 25.1 Å². The summed E-state index contributed by atoms with van der Waals surface area (Å²) in [6.45, 7) is 1.00. The maximum Gasteiger partial charge on any atom is 0.324 e. The standard InChI is InChI=1S/C21H23F2N3O4/c1-29-13-20(27)24-15-5-7-19(30-2)18(11-15)26-9-3-8-25(21(26)28)12-14-4-6-16(22)17(23)10-14/h4-7,10-11H,3,8-9,12-13H2,1-2H3,(H,24,27). The van der Waals surface area contributed by atoms with Crippen LogP contribution in [-0.2, 0) is 16.1 Å². The molecule has 0 spiro atoms. The van der Waals surface area contributed by atoms with Crippen LogP contribution in [0.15, 0.2) is 36.4 Å². The molecule has 1 saturated heterocycles. The van der Waals surface area contributed by atoms with Gasteiger partial charge in [0.25, 0.3) is 0 Å². The summed E-state index contributed by atoms with van der Waals surface area (Å²) in [6.07, 6.45) is 0.679. The molecule has 0 aliphatic carbocycles. The molecule has 1 aliphatic heterocycles. The highest BCUT2D eigenvalue weighted by Crippen LogP contribution is 2.33. The van der Waals surface area contributed by atoms with Gasteiger partial charge in [-0.25, -0.2) is 13.6 Å². The van der Waals surface area contributed by atoms with Gasteiger partial charge in [-0.3, -0.25) is 9.69 Å². The minimum absolute atomic E-state index is 0.0913. The van der Waals surface area contributed by atoms with Crippen molar-refractivity contribution in [2.45, 2.75) is 13.0 Å². The first-order chi connectivity index (χ1) is 14.4. The third-order valence-corrected chi connectivity index (χ3v) is 4.70. The fourth-order valence-electron chi connectivity index (χ4n) is 3.32. The number of nitrogens with zero attached hydrogens (tertiary/aromatic N) is 2. The quantitative estimate of drug-likeness (QED) is 0.747. The molecular formula is C21H23F2N3O4. The lowest BCUT2D eigenvalue weighted by atomic mass is 10.1. The number of rotatable bonds is 7. The average Bonchev–Trinajstić information content (AvgIpc) is 2.72. The van der Waals surface area contributed by atoms with E-state index in [1.165, 1.54) is 20.3 Å². The highest BCUT2D eigenvalue weighted by Gasteiger charge is 2.29. The van der Waals surface area contributed by atoms with Crippen molar-refractivity contribution < 1.29 is 27.8 Å². The largest absolute Gasteiger partial charge is 0.495 e. The second-order valence-electron chi connectivity index (χ2n) is 6.83. The van der Waals surface area contributed by atoms with Gasteiger partial charge in [0.2, 0.25) is 5.91 Å². The molecule has 0 aromatic heterocycles. The molecule has 1 aliphatic rings. The predicted molar refractivity (Wildman–Crippen MR) is 108 cm³/mol. The lowest BCUT2D eigenvalue weighted by Crippen LogP contribution is -2.49. The van der Waals surface area contributed by atoms with Crippen LogP contribution in [0.4, 0.5) is 25.0 Å². The topological polar surface area (TPSA) is 71.1 Å². The van der Waals surface area contributed by atoms with Gasteiger partial charge in [-0.05, 0) is 42.3 Å². The van der Waals surface area contributed by atoms with E-state index in [0.29, 0.717) is 42.2 Å². The number of nitrogens with one attached hydrogen (secondary N) is 1. The van der Waals surface area contributed by atoms with Crippen LogP contribution in [0.1, 0.15) is 12.0 Å². The van der Waals surface area contributed by atoms with Gasteiger partial charge in [0.15, 0.2) is 11.6 Å². The molecule has 30 heavy (non-hydrogen) atoms. The van der Waals surface area contributed by atoms with E-state index in [0.717, 1.165) is 12.1 Å². The zero-order chi connectivity index (χ0) is 21.7. The number of benzene rings is 2. The third kappa shape index (κ3) is 4.85. The number of urea groups is 1. The highest BCUT2D eigenvalue weighted by molar-refractivity contribution is 5.97. The van der Waals surface area contributed by atoms with Crippen molar-refractivity contribution in [3.63, 3.8) is 0 Å². The molecular weight excluding hydrogens is 396 g/mol. The number of hydrogen-bond donors (Lipinski definition) is 1. The minimum atomic E-state index is -0.949. The Morgan fingerprint density at radius 1 is 1.10 bits per heavy atom. The molecule has 0 radical (unpaired) electrons. The molecule has 9 heteroatoms. The van der Waals surface area contributed by atoms with Crippen molar-refractivity contribution >= 4 is 23.3 Å². The van der Waals surface area contributed by atoms with E-state index in [9.17, 15) is 18.4 Å². The molecule has 0 saturated carbocycles. The molecule has 2 aromatic rings. The molecule has 0 unspecified atom stereocenters. The molecule has 0 atom stereocenters. The van der Waals surface area contributed by atoms with Crippen LogP contribution in [0.3, 0.4) is 0 Å². The van der Waals surface area contributed by atoms with Crippen molar-refractivity contribution in [2.24, 2.45) is 0 Å². The number of amides is 3. The van der Waals surface area contributed by atoms with Crippen molar-refractivity contribution in [1.29, 1.82) is 0 Å². The Morgan fingerprint density at radius 2 is 1.90 bits per heavy atom. The normalized spacial score (nSPS) is 14.1. The lowest BCUT2D eigenvalue weighted by molar-refractivity contribution is -0.119. The SMILES string of the molecule is COCC(=O)Nc1ccc(OC)c(N2CCCN(Cc3ccc(F)c(F)c3)C2=O)c1. The van der Waals surface area contributed by atoms with Gasteiger partial charge < -0.3 is 19.7 Å². The number of carbonyl (C=O) groups excluding carboxylic acids is 2. The molecule has 0 bridgehead atoms. The summed E-state index contributed by atoms with van der Waals surface area (Å²) in [5.74, 6) is -1.72. The van der Waals surface area contributed by atoms with E-state index in [4.69, 9.17) is 9.47 Å². The highest BCUT2D eigenvalue weighted by atomic mass is 19.2. The number of ether oxygens (including phenoxy) is 2. The molecule has 1 N–H and O–H groups in total. The van der Waals surface area contributed by atoms with Crippen LogP contribution < -0.4 is 15.0 Å². The van der Waals surface area contributed by atoms with Gasteiger partial charge in [0.05, 0.1) is 12.8 Å². The van der Waals surface area contributed by atoms with Gasteiger partial charge in [0, 0.05) is 32.4 Å². The van der Waals surface area contributed by atoms with Crippen LogP contribution in [-0.4, -0.2) is 50.8 Å². The molecule has 3 rings (SSSR count). The zero-order valence-electron chi connectivity index (χ0n) is 16.8. The monoisotopic (exact) mass is 419 g/mol. The summed E-state index contributed by atoms with van der Waals surface area (Å²) in [6, 6.07) is 8.30. The fraction of sp³-hybridized carbons (Fsp3) is 0.333. The van der Waals surface area contributed by atoms with Gasteiger partial charge in [-0.15, -0.1) is 0 Å². The second-order valence-corrected chi connectivity index (χ2v) is 6.83. The molecule has 3 amide bonds. The maximum atomic E-state index is 13.5. The second kappa shape index (κ2) is 9.53. The van der Waals surface area contributed by atoms with Gasteiger partial charge in [-0.2, -0.15) is 0 Å². The summed E-state index contributed by atoms with van der Waals surface area (Å²) in [5.41, 5.74) is 1.50. The Kier molecular flexibility index (Phi) is 6.83. The third-order valence-electron chi connectivity index (χ3n) is 4.70. The molecule has 2 aromatic carbocycles. The maximum absolute atomic E-state index is 13.5. The van der Waals surface area contributed by atoms with Crippen molar-refractivity contribution in [2.75, 3.05) is 44.1 Å².